The van der Waals surface area contributed by atoms with E-state index in [1.165, 1.54) is 0 Å². The molecule has 0 radical (unpaired) electrons. The number of hydrogen-bond donors (Lipinski definition) is 0. The number of rotatable bonds is 4. The summed E-state index contributed by atoms with van der Waals surface area (Å²) in [5.74, 6) is -2.79. The Morgan fingerprint density at radius 3 is 2.00 bits per heavy atom. The lowest BCUT2D eigenvalue weighted by molar-refractivity contribution is 0.391. The molecule has 1 aliphatic rings. The Morgan fingerprint density at radius 2 is 1.22 bits per heavy atom. The number of benzene rings is 8. The van der Waals surface area contributed by atoms with E-state index in [1.54, 1.807) is 18.2 Å². The van der Waals surface area contributed by atoms with Crippen LogP contribution in [-0.4, -0.2) is 0 Å². The van der Waals surface area contributed by atoms with Crippen LogP contribution >= 0.6 is 0 Å². The summed E-state index contributed by atoms with van der Waals surface area (Å²) in [6.45, 7) is 0. The zero-order valence-corrected chi connectivity index (χ0v) is 25.7. The van der Waals surface area contributed by atoms with Crippen molar-refractivity contribution in [1.82, 2.24) is 0 Å². The predicted octanol–water partition coefficient (Wildman–Crippen LogP) is 13.8. The van der Waals surface area contributed by atoms with Crippen LogP contribution in [0.1, 0.15) is 74.6 Å². The Balaban J connectivity index is 1.40. The van der Waals surface area contributed by atoms with Gasteiger partial charge >= 0.3 is 0 Å². The van der Waals surface area contributed by atoms with Gasteiger partial charge in [-0.1, -0.05) is 146 Å². The average Bonchev–Trinajstić information content (AvgIpc) is 3.72. The van der Waals surface area contributed by atoms with E-state index < -0.39 is 172 Å². The van der Waals surface area contributed by atoms with Crippen molar-refractivity contribution < 1.29 is 30.5 Å². The quantitative estimate of drug-likeness (QED) is 0.173. The molecule has 0 bridgehead atoms. The van der Waals surface area contributed by atoms with Crippen LogP contribution in [0, 0.1) is 0 Å². The summed E-state index contributed by atoms with van der Waals surface area (Å²) in [5.41, 5.74) is 1.64. The zero-order valence-electron chi connectivity index (χ0n) is 44.7. The Kier molecular flexibility index (Phi) is 3.58. The van der Waals surface area contributed by atoms with Crippen LogP contribution in [0.25, 0.3) is 76.5 Å². The Hall–Kier alpha value is -5.66. The summed E-state index contributed by atoms with van der Waals surface area (Å²) in [6, 6.07) is 8.61. The predicted molar refractivity (Wildman–Crippen MR) is 208 cm³/mol. The Labute approximate surface area is 313 Å². The fourth-order valence-electron chi connectivity index (χ4n) is 7.26. The van der Waals surface area contributed by atoms with Gasteiger partial charge in [-0.2, -0.15) is 0 Å². The topological polar surface area (TPSA) is 13.1 Å². The number of hydrogen-bond acceptors (Lipinski definition) is 1. The highest BCUT2D eigenvalue weighted by atomic mass is 16.3. The van der Waals surface area contributed by atoms with Gasteiger partial charge < -0.3 is 4.42 Å². The van der Waals surface area contributed by atoms with Crippen LogP contribution in [-0.2, 0) is 0 Å². The highest BCUT2D eigenvalue weighted by Crippen LogP contribution is 2.52. The number of fused-ring (bicyclic) bond motifs is 6. The van der Waals surface area contributed by atoms with E-state index in [-0.39, 0.29) is 5.56 Å². The highest BCUT2D eigenvalue weighted by Gasteiger charge is 2.33. The summed E-state index contributed by atoms with van der Waals surface area (Å²) in [4.78, 5) is 0. The first-order valence-electron chi connectivity index (χ1n) is 25.7. The second-order valence-electron chi connectivity index (χ2n) is 12.0. The largest absolute Gasteiger partial charge is 0.456 e. The van der Waals surface area contributed by atoms with Crippen LogP contribution in [0.4, 0.5) is 0 Å². The van der Waals surface area contributed by atoms with E-state index in [2.05, 4.69) is 0 Å². The van der Waals surface area contributed by atoms with Crippen LogP contribution in [0.5, 0.6) is 0 Å². The van der Waals surface area contributed by atoms with E-state index in [1.807, 2.05) is 48.5 Å². The maximum absolute atomic E-state index is 9.85. The summed E-state index contributed by atoms with van der Waals surface area (Å²) < 4.78 is 181. The number of furan rings is 1. The summed E-state index contributed by atoms with van der Waals surface area (Å²) in [7, 11) is 0. The molecule has 1 aliphatic carbocycles. The molecule has 8 aromatic carbocycles. The smallest absolute Gasteiger partial charge is 0.136 e. The third-order valence-corrected chi connectivity index (χ3v) is 9.38. The monoisotopic (exact) mass is 647 g/mol. The molecule has 1 heteroatoms. The van der Waals surface area contributed by atoms with Gasteiger partial charge in [-0.3, -0.25) is 0 Å². The third kappa shape index (κ3) is 4.60. The van der Waals surface area contributed by atoms with Crippen molar-refractivity contribution in [3.8, 4) is 22.3 Å². The van der Waals surface area contributed by atoms with Crippen LogP contribution in [0.2, 0.25) is 0 Å². The van der Waals surface area contributed by atoms with E-state index in [0.29, 0.717) is 27.5 Å². The van der Waals surface area contributed by atoms with E-state index >= 15 is 0 Å². The maximum atomic E-state index is 9.85. The molecule has 234 valence electrons. The van der Waals surface area contributed by atoms with Crippen LogP contribution in [0.15, 0.2) is 162 Å². The molecule has 10 rings (SSSR count). The molecule has 0 spiro atoms. The van der Waals surface area contributed by atoms with Gasteiger partial charge in [-0.05, 0) is 115 Å². The molecule has 1 fully saturated rings. The summed E-state index contributed by atoms with van der Waals surface area (Å²) in [6.07, 6.45) is -6.31. The molecule has 1 heterocycles. The molecule has 0 aliphatic heterocycles. The average molecular weight is 648 g/mol. The molecule has 9 aromatic rings. The van der Waals surface area contributed by atoms with Crippen molar-refractivity contribution in [1.29, 1.82) is 0 Å². The molecule has 0 N–H and O–H groups in total. The maximum Gasteiger partial charge on any atom is 0.136 e. The summed E-state index contributed by atoms with van der Waals surface area (Å²) >= 11 is 0. The normalized spacial score (nSPS) is 28.1. The lowest BCUT2D eigenvalue weighted by Crippen LogP contribution is -2.17. The molecule has 0 saturated heterocycles. The standard InChI is InChI=1S/C48H36O/c1-2-13-31(14-3-1)34-27-28-43-45(30-34)49-44-24-12-23-38(48(43)44)36-17-6-7-18-37(36)47-41-21-10-8-19-39(41)46(40-20-9-11-22-42(40)47)35-26-25-32-15-4-5-16-33(32)29-35/h1-5,8-16,19-30,36-37H,6-7,17-18H2/i4D,5D,6D,7D,8D,9D,10D,11D,15D,16D,17D,18D,19D,20D,21D,22D,25D,26D,29D. The molecule has 49 heavy (non-hydrogen) atoms. The SMILES string of the molecule is [2H]c1c([2H])c([2H])c2c([2H])c(-c3c4c([2H])c([2H])c([2H])c([2H])c4c(C4C([2H])C([2H])C([2H])C([2H])C4c4cccc5oc6cc(-c7ccccc7)ccc6c45)c4c([2H])c([2H])c([2H])c([2H])c34)c([2H])c([2H])c2c1[2H]. The van der Waals surface area contributed by atoms with Gasteiger partial charge in [0.05, 0.1) is 20.6 Å². The first kappa shape index (κ1) is 15.3. The lowest BCUT2D eigenvalue weighted by atomic mass is 9.69. The van der Waals surface area contributed by atoms with Crippen molar-refractivity contribution >= 4 is 54.3 Å². The molecule has 1 nitrogen and oxygen atoms in total. The molecular weight excluding hydrogens is 593 g/mol. The van der Waals surface area contributed by atoms with Crippen molar-refractivity contribution in [2.45, 2.75) is 37.4 Å². The van der Waals surface area contributed by atoms with Crippen molar-refractivity contribution in [3.63, 3.8) is 0 Å². The van der Waals surface area contributed by atoms with Gasteiger partial charge in [0.2, 0.25) is 0 Å². The lowest BCUT2D eigenvalue weighted by Gasteiger charge is -2.35. The zero-order chi connectivity index (χ0) is 48.8. The first-order chi connectivity index (χ1) is 32.2. The highest BCUT2D eigenvalue weighted by molar-refractivity contribution is 6.16. The van der Waals surface area contributed by atoms with Crippen molar-refractivity contribution in [2.24, 2.45) is 0 Å². The van der Waals surface area contributed by atoms with Gasteiger partial charge in [0, 0.05) is 16.3 Å². The minimum absolute atomic E-state index is 0.243. The molecule has 0 amide bonds. The van der Waals surface area contributed by atoms with Gasteiger partial charge in [-0.15, -0.1) is 0 Å². The van der Waals surface area contributed by atoms with Crippen LogP contribution in [0.3, 0.4) is 0 Å². The molecule has 6 unspecified atom stereocenters. The molecule has 6 atom stereocenters. The Morgan fingerprint density at radius 1 is 0.531 bits per heavy atom. The molecule has 1 aromatic heterocycles. The molecular formula is C48H36O. The summed E-state index contributed by atoms with van der Waals surface area (Å²) in [5, 5.41) is -1.64. The second-order valence-corrected chi connectivity index (χ2v) is 12.0. The fraction of sp³-hybridized carbons (Fsp3) is 0.125. The van der Waals surface area contributed by atoms with Crippen molar-refractivity contribution in [3.05, 3.63) is 168 Å². The third-order valence-electron chi connectivity index (χ3n) is 9.38. The van der Waals surface area contributed by atoms with E-state index in [0.717, 1.165) is 11.1 Å². The van der Waals surface area contributed by atoms with Gasteiger partial charge in [0.15, 0.2) is 0 Å². The Bertz CT molecular complexity index is 3600. The van der Waals surface area contributed by atoms with E-state index in [9.17, 15) is 13.7 Å². The van der Waals surface area contributed by atoms with E-state index in [4.69, 9.17) is 16.8 Å². The molecule has 1 saturated carbocycles. The van der Waals surface area contributed by atoms with Gasteiger partial charge in [0.25, 0.3) is 0 Å². The second kappa shape index (κ2) is 11.5. The fourth-order valence-corrected chi connectivity index (χ4v) is 7.26. The van der Waals surface area contributed by atoms with Crippen molar-refractivity contribution in [2.75, 3.05) is 0 Å². The van der Waals surface area contributed by atoms with Gasteiger partial charge in [-0.25, -0.2) is 0 Å². The minimum atomic E-state index is -1.67. The van der Waals surface area contributed by atoms with Gasteiger partial charge in [0.1, 0.15) is 11.2 Å². The first-order valence-corrected chi connectivity index (χ1v) is 15.9. The van der Waals surface area contributed by atoms with Crippen LogP contribution < -0.4 is 0 Å². The minimum Gasteiger partial charge on any atom is -0.456 e.